The third-order valence-corrected chi connectivity index (χ3v) is 4.01. The number of hydrogen-bond donors (Lipinski definition) is 2. The number of anilines is 1. The van der Waals surface area contributed by atoms with Crippen molar-refractivity contribution < 1.29 is 19.2 Å². The number of nitrogens with one attached hydrogen (secondary N) is 2. The molecule has 1 aromatic rings. The topological polar surface area (TPSA) is 52.0 Å². The molecule has 0 aliphatic carbocycles. The van der Waals surface area contributed by atoms with Gasteiger partial charge in [0.15, 0.2) is 6.04 Å². The van der Waals surface area contributed by atoms with Crippen LogP contribution in [0.5, 0.6) is 5.75 Å². The van der Waals surface area contributed by atoms with Crippen LogP contribution in [-0.4, -0.2) is 43.9 Å². The number of amides is 1. The third kappa shape index (κ3) is 4.21. The number of ether oxygens (including phenoxy) is 2. The van der Waals surface area contributed by atoms with E-state index in [0.717, 1.165) is 18.8 Å². The molecule has 0 radical (unpaired) electrons. The number of rotatable bonds is 5. The Morgan fingerprint density at radius 2 is 2.00 bits per heavy atom. The van der Waals surface area contributed by atoms with Gasteiger partial charge in [-0.25, -0.2) is 0 Å². The van der Waals surface area contributed by atoms with E-state index in [9.17, 15) is 4.79 Å². The predicted octanol–water partition coefficient (Wildman–Crippen LogP) is 1.10. The Labute approximate surface area is 132 Å². The Bertz CT molecular complexity index is 496. The summed E-state index contributed by atoms with van der Waals surface area (Å²) in [5.41, 5.74) is 0.731. The van der Waals surface area contributed by atoms with Crippen LogP contribution in [0.1, 0.15) is 27.7 Å². The second kappa shape index (κ2) is 7.61. The van der Waals surface area contributed by atoms with Gasteiger partial charge in [-0.15, -0.1) is 0 Å². The van der Waals surface area contributed by atoms with E-state index in [4.69, 9.17) is 9.47 Å². The summed E-state index contributed by atoms with van der Waals surface area (Å²) in [5, 5.41) is 3.00. The van der Waals surface area contributed by atoms with Crippen LogP contribution in [-0.2, 0) is 9.53 Å². The monoisotopic (exact) mass is 307 g/mol. The van der Waals surface area contributed by atoms with Crippen LogP contribution >= 0.6 is 0 Å². The maximum Gasteiger partial charge on any atom is 0.282 e. The Morgan fingerprint density at radius 1 is 1.36 bits per heavy atom. The zero-order chi connectivity index (χ0) is 16.1. The van der Waals surface area contributed by atoms with Crippen molar-refractivity contribution in [2.45, 2.75) is 45.9 Å². The van der Waals surface area contributed by atoms with Crippen molar-refractivity contribution in [3.63, 3.8) is 0 Å². The van der Waals surface area contributed by atoms with Gasteiger partial charge in [-0.2, -0.15) is 0 Å². The molecule has 0 saturated carbocycles. The minimum Gasteiger partial charge on any atom is -0.492 e. The van der Waals surface area contributed by atoms with Gasteiger partial charge in [-0.05, 0) is 39.8 Å². The summed E-state index contributed by atoms with van der Waals surface area (Å²) in [6.45, 7) is 10.3. The van der Waals surface area contributed by atoms with E-state index < -0.39 is 0 Å². The molecule has 1 fully saturated rings. The lowest BCUT2D eigenvalue weighted by Gasteiger charge is -2.35. The smallest absolute Gasteiger partial charge is 0.282 e. The molecule has 1 unspecified atom stereocenters. The molecule has 122 valence electrons. The summed E-state index contributed by atoms with van der Waals surface area (Å²) in [6, 6.07) is 7.42. The zero-order valence-corrected chi connectivity index (χ0v) is 13.9. The number of carbonyl (C=O) groups is 1. The predicted molar refractivity (Wildman–Crippen MR) is 86.4 cm³/mol. The van der Waals surface area contributed by atoms with Crippen LogP contribution in [0, 0.1) is 0 Å². The minimum absolute atomic E-state index is 0.0171. The maximum absolute atomic E-state index is 12.6. The lowest BCUT2D eigenvalue weighted by molar-refractivity contribution is -0.928. The fourth-order valence-corrected chi connectivity index (χ4v) is 2.95. The molecular formula is C17H27N2O3+. The summed E-state index contributed by atoms with van der Waals surface area (Å²) < 4.78 is 11.3. The molecule has 2 rings (SSSR count). The van der Waals surface area contributed by atoms with E-state index in [2.05, 4.69) is 19.2 Å². The summed E-state index contributed by atoms with van der Waals surface area (Å²) >= 11 is 0. The molecule has 1 saturated heterocycles. The fraction of sp³-hybridized carbons (Fsp3) is 0.588. The van der Waals surface area contributed by atoms with Gasteiger partial charge in [0.1, 0.15) is 31.0 Å². The molecule has 1 aliphatic rings. The first-order valence-corrected chi connectivity index (χ1v) is 8.04. The second-order valence-electron chi connectivity index (χ2n) is 5.96. The zero-order valence-electron chi connectivity index (χ0n) is 13.9. The summed E-state index contributed by atoms with van der Waals surface area (Å²) in [4.78, 5) is 13.8. The van der Waals surface area contributed by atoms with Crippen LogP contribution in [0.4, 0.5) is 5.69 Å². The lowest BCUT2D eigenvalue weighted by atomic mass is 10.1. The Hall–Kier alpha value is -1.59. The highest BCUT2D eigenvalue weighted by atomic mass is 16.5. The van der Waals surface area contributed by atoms with Crippen molar-refractivity contribution in [2.24, 2.45) is 0 Å². The maximum atomic E-state index is 12.6. The van der Waals surface area contributed by atoms with Gasteiger partial charge in [0.05, 0.1) is 12.3 Å². The normalized spacial score (nSPS) is 26.3. The van der Waals surface area contributed by atoms with Crippen molar-refractivity contribution in [3.8, 4) is 5.75 Å². The van der Waals surface area contributed by atoms with Crippen molar-refractivity contribution >= 4 is 11.6 Å². The first kappa shape index (κ1) is 16.8. The average Bonchev–Trinajstić information content (AvgIpc) is 2.47. The van der Waals surface area contributed by atoms with Gasteiger partial charge in [0, 0.05) is 0 Å². The number of para-hydroxylation sites is 2. The van der Waals surface area contributed by atoms with Crippen LogP contribution in [0.2, 0.25) is 0 Å². The van der Waals surface area contributed by atoms with Gasteiger partial charge < -0.3 is 19.7 Å². The Morgan fingerprint density at radius 3 is 2.64 bits per heavy atom. The summed E-state index contributed by atoms with van der Waals surface area (Å²) in [7, 11) is 0. The molecule has 1 amide bonds. The molecule has 2 N–H and O–H groups in total. The van der Waals surface area contributed by atoms with Crippen molar-refractivity contribution in [1.29, 1.82) is 0 Å². The number of morpholine rings is 1. The van der Waals surface area contributed by atoms with Gasteiger partial charge in [-0.3, -0.25) is 4.79 Å². The SMILES string of the molecule is CCOc1ccccc1NC(=O)[C@@H](C)[NH+]1C[C@@H](C)O[C@@H](C)C1. The van der Waals surface area contributed by atoms with E-state index >= 15 is 0 Å². The quantitative estimate of drug-likeness (QED) is 0.857. The molecule has 1 aliphatic heterocycles. The molecule has 5 heteroatoms. The van der Waals surface area contributed by atoms with Gasteiger partial charge in [-0.1, -0.05) is 12.1 Å². The van der Waals surface area contributed by atoms with Gasteiger partial charge in [0.25, 0.3) is 5.91 Å². The fourth-order valence-electron chi connectivity index (χ4n) is 2.95. The van der Waals surface area contributed by atoms with Crippen LogP contribution in [0.25, 0.3) is 0 Å². The van der Waals surface area contributed by atoms with E-state index in [0.29, 0.717) is 12.4 Å². The molecular weight excluding hydrogens is 280 g/mol. The Kier molecular flexibility index (Phi) is 5.80. The van der Waals surface area contributed by atoms with E-state index in [1.54, 1.807) is 0 Å². The molecule has 1 heterocycles. The number of hydrogen-bond acceptors (Lipinski definition) is 3. The van der Waals surface area contributed by atoms with Crippen molar-refractivity contribution in [3.05, 3.63) is 24.3 Å². The third-order valence-electron chi connectivity index (χ3n) is 4.01. The van der Waals surface area contributed by atoms with Crippen LogP contribution in [0.3, 0.4) is 0 Å². The summed E-state index contributed by atoms with van der Waals surface area (Å²) in [6.07, 6.45) is 0.370. The highest BCUT2D eigenvalue weighted by Crippen LogP contribution is 2.23. The Balaban J connectivity index is 2.02. The van der Waals surface area contributed by atoms with E-state index in [1.807, 2.05) is 38.1 Å². The highest BCUT2D eigenvalue weighted by Gasteiger charge is 2.33. The molecule has 4 atom stereocenters. The van der Waals surface area contributed by atoms with E-state index in [1.165, 1.54) is 4.90 Å². The second-order valence-corrected chi connectivity index (χ2v) is 5.96. The standard InChI is InChI=1S/C17H26N2O3/c1-5-21-16-9-7-6-8-15(16)18-17(20)14(4)19-10-12(2)22-13(3)11-19/h6-9,12-14H,5,10-11H2,1-4H3,(H,18,20)/p+1/t12-,13+,14-/m1/s1. The van der Waals surface area contributed by atoms with Crippen molar-refractivity contribution in [2.75, 3.05) is 25.0 Å². The first-order valence-electron chi connectivity index (χ1n) is 8.04. The number of benzene rings is 1. The van der Waals surface area contributed by atoms with Crippen LogP contribution in [0.15, 0.2) is 24.3 Å². The number of quaternary nitrogens is 1. The van der Waals surface area contributed by atoms with Gasteiger partial charge >= 0.3 is 0 Å². The molecule has 1 aromatic carbocycles. The van der Waals surface area contributed by atoms with Crippen molar-refractivity contribution in [1.82, 2.24) is 0 Å². The highest BCUT2D eigenvalue weighted by molar-refractivity contribution is 5.94. The molecule has 0 bridgehead atoms. The molecule has 0 aromatic heterocycles. The average molecular weight is 307 g/mol. The largest absolute Gasteiger partial charge is 0.492 e. The first-order chi connectivity index (χ1) is 10.5. The van der Waals surface area contributed by atoms with Gasteiger partial charge in [0.2, 0.25) is 0 Å². The molecule has 0 spiro atoms. The minimum atomic E-state index is -0.122. The summed E-state index contributed by atoms with van der Waals surface area (Å²) in [5.74, 6) is 0.729. The lowest BCUT2D eigenvalue weighted by Crippen LogP contribution is -3.19. The molecule has 22 heavy (non-hydrogen) atoms. The molecule has 5 nitrogen and oxygen atoms in total. The van der Waals surface area contributed by atoms with E-state index in [-0.39, 0.29) is 24.2 Å². The number of carbonyl (C=O) groups excluding carboxylic acids is 1. The van der Waals surface area contributed by atoms with Crippen LogP contribution < -0.4 is 15.0 Å².